The molecule has 0 unspecified atom stereocenters. The lowest BCUT2D eigenvalue weighted by Crippen LogP contribution is -2.41. The maximum Gasteiger partial charge on any atom is 0.410 e. The fourth-order valence-electron chi connectivity index (χ4n) is 5.90. The van der Waals surface area contributed by atoms with Gasteiger partial charge in [-0.3, -0.25) is 9.88 Å². The molecule has 1 aliphatic rings. The highest BCUT2D eigenvalue weighted by atomic mass is 16.6. The lowest BCUT2D eigenvalue weighted by Gasteiger charge is -2.27. The van der Waals surface area contributed by atoms with E-state index in [9.17, 15) is 14.4 Å². The highest BCUT2D eigenvalue weighted by Gasteiger charge is 2.41. The summed E-state index contributed by atoms with van der Waals surface area (Å²) in [6.07, 6.45) is 0.605. The molecular formula is C36H45N7O7. The van der Waals surface area contributed by atoms with Crippen LogP contribution < -0.4 is 5.32 Å². The molecule has 3 aromatic heterocycles. The summed E-state index contributed by atoms with van der Waals surface area (Å²) in [5.74, 6) is 0.786. The summed E-state index contributed by atoms with van der Waals surface area (Å²) in [7, 11) is 4.59. The van der Waals surface area contributed by atoms with Crippen LogP contribution in [0.2, 0.25) is 0 Å². The van der Waals surface area contributed by atoms with Gasteiger partial charge in [-0.25, -0.2) is 24.4 Å². The minimum Gasteiger partial charge on any atom is -0.467 e. The Balaban J connectivity index is 1.34. The van der Waals surface area contributed by atoms with Gasteiger partial charge < -0.3 is 33.7 Å². The molecule has 50 heavy (non-hydrogen) atoms. The van der Waals surface area contributed by atoms with E-state index in [-0.39, 0.29) is 25.3 Å². The number of fused-ring (bicyclic) bond motifs is 1. The number of anilines is 1. The van der Waals surface area contributed by atoms with Crippen LogP contribution in [0.3, 0.4) is 0 Å². The summed E-state index contributed by atoms with van der Waals surface area (Å²) in [5.41, 5.74) is 2.96. The van der Waals surface area contributed by atoms with Crippen molar-refractivity contribution in [2.24, 2.45) is 0 Å². The second kappa shape index (κ2) is 15.5. The third-order valence-electron chi connectivity index (χ3n) is 8.31. The van der Waals surface area contributed by atoms with E-state index in [0.29, 0.717) is 36.7 Å². The van der Waals surface area contributed by atoms with Crippen molar-refractivity contribution in [2.45, 2.75) is 71.1 Å². The Labute approximate surface area is 291 Å². The Kier molecular flexibility index (Phi) is 11.2. The van der Waals surface area contributed by atoms with Crippen molar-refractivity contribution in [1.29, 1.82) is 0 Å². The SMILES string of the molecule is COC(=O)[C@@H]1C[C@H](Nc2cccc(-c3nccc4nc(C)n(C[C@H](CN(C)C(=O)OC(C)(C)C)OC)c34)n2)CN1C(=O)OCc1ccccc1. The lowest BCUT2D eigenvalue weighted by atomic mass is 10.1. The Morgan fingerprint density at radius 1 is 1.04 bits per heavy atom. The number of hydrogen-bond donors (Lipinski definition) is 1. The second-order valence-electron chi connectivity index (χ2n) is 13.2. The van der Waals surface area contributed by atoms with Crippen LogP contribution in [0.15, 0.2) is 60.8 Å². The van der Waals surface area contributed by atoms with Crippen LogP contribution in [0.1, 0.15) is 38.6 Å². The van der Waals surface area contributed by atoms with Crippen LogP contribution >= 0.6 is 0 Å². The number of benzene rings is 1. The van der Waals surface area contributed by atoms with Crippen molar-refractivity contribution in [3.8, 4) is 11.4 Å². The predicted octanol–water partition coefficient (Wildman–Crippen LogP) is 5.05. The zero-order valence-corrected chi connectivity index (χ0v) is 29.6. The first-order chi connectivity index (χ1) is 23.9. The topological polar surface area (TPSA) is 150 Å². The van der Waals surface area contributed by atoms with E-state index in [2.05, 4.69) is 5.32 Å². The number of likely N-dealkylation sites (tertiary alicyclic amines) is 1. The minimum atomic E-state index is -0.806. The first-order valence-corrected chi connectivity index (χ1v) is 16.4. The highest BCUT2D eigenvalue weighted by Crippen LogP contribution is 2.29. The maximum absolute atomic E-state index is 13.1. The van der Waals surface area contributed by atoms with E-state index in [4.69, 9.17) is 33.9 Å². The van der Waals surface area contributed by atoms with Gasteiger partial charge in [-0.05, 0) is 51.5 Å². The number of hydrogen-bond acceptors (Lipinski definition) is 11. The summed E-state index contributed by atoms with van der Waals surface area (Å²) in [6.45, 7) is 8.39. The van der Waals surface area contributed by atoms with Gasteiger partial charge in [0.05, 0.1) is 43.0 Å². The highest BCUT2D eigenvalue weighted by molar-refractivity contribution is 5.89. The molecule has 0 spiro atoms. The standard InChI is InChI=1S/C36H45N7O7/c1-23-38-28-16-17-37-31(32(28)42(23)21-26(47-6)20-41(5)34(45)50-36(2,3)4)27-14-11-15-30(40-27)39-25-18-29(33(44)48-7)43(19-25)35(46)49-22-24-12-9-8-10-13-24/h8-17,25-26,29H,18-22H2,1-7H3,(H,39,40)/t25-,26-,29-/m0/s1. The average molecular weight is 688 g/mol. The molecule has 1 saturated heterocycles. The fraction of sp³-hybridized carbons (Fsp3) is 0.444. The van der Waals surface area contributed by atoms with Crippen LogP contribution in [0, 0.1) is 6.92 Å². The van der Waals surface area contributed by atoms with Gasteiger partial charge >= 0.3 is 18.2 Å². The zero-order valence-electron chi connectivity index (χ0n) is 29.6. The number of nitrogens with one attached hydrogen (secondary N) is 1. The zero-order chi connectivity index (χ0) is 36.0. The maximum atomic E-state index is 13.1. The van der Waals surface area contributed by atoms with Gasteiger partial charge in [-0.15, -0.1) is 0 Å². The van der Waals surface area contributed by atoms with Crippen molar-refractivity contribution in [3.63, 3.8) is 0 Å². The molecule has 0 saturated carbocycles. The van der Waals surface area contributed by atoms with Crippen molar-refractivity contribution < 1.29 is 33.3 Å². The Bertz CT molecular complexity index is 1810. The minimum absolute atomic E-state index is 0.0892. The molecule has 14 nitrogen and oxygen atoms in total. The van der Waals surface area contributed by atoms with Gasteiger partial charge in [0.2, 0.25) is 0 Å². The molecule has 4 heterocycles. The number of aromatic nitrogens is 4. The Hall–Kier alpha value is -5.24. The van der Waals surface area contributed by atoms with Gasteiger partial charge in [0.25, 0.3) is 0 Å². The molecular weight excluding hydrogens is 642 g/mol. The number of carbonyl (C=O) groups excluding carboxylic acids is 3. The predicted molar refractivity (Wildman–Crippen MR) is 186 cm³/mol. The molecule has 266 valence electrons. The van der Waals surface area contributed by atoms with Gasteiger partial charge in [-0.2, -0.15) is 0 Å². The van der Waals surface area contributed by atoms with Crippen LogP contribution in [-0.2, 0) is 36.9 Å². The molecule has 5 rings (SSSR count). The third-order valence-corrected chi connectivity index (χ3v) is 8.31. The fourth-order valence-corrected chi connectivity index (χ4v) is 5.90. The molecule has 14 heteroatoms. The van der Waals surface area contributed by atoms with Crippen molar-refractivity contribution in [1.82, 2.24) is 29.3 Å². The van der Waals surface area contributed by atoms with Crippen molar-refractivity contribution >= 4 is 35.0 Å². The Morgan fingerprint density at radius 2 is 1.80 bits per heavy atom. The average Bonchev–Trinajstić information content (AvgIpc) is 3.66. The number of pyridine rings is 2. The number of imidazole rings is 1. The molecule has 0 bridgehead atoms. The number of carbonyl (C=O) groups is 3. The van der Waals surface area contributed by atoms with E-state index in [0.717, 1.165) is 22.4 Å². The van der Waals surface area contributed by atoms with Gasteiger partial charge in [0.15, 0.2) is 0 Å². The smallest absolute Gasteiger partial charge is 0.410 e. The molecule has 1 aliphatic heterocycles. The molecule has 2 amide bonds. The summed E-state index contributed by atoms with van der Waals surface area (Å²) < 4.78 is 23.9. The van der Waals surface area contributed by atoms with Crippen LogP contribution in [0.5, 0.6) is 0 Å². The first kappa shape index (κ1) is 36.1. The molecule has 0 radical (unpaired) electrons. The van der Waals surface area contributed by atoms with Gasteiger partial charge in [0, 0.05) is 39.4 Å². The third kappa shape index (κ3) is 8.67. The quantitative estimate of drug-likeness (QED) is 0.167. The Morgan fingerprint density at radius 3 is 2.50 bits per heavy atom. The molecule has 3 atom stereocenters. The van der Waals surface area contributed by atoms with Crippen LogP contribution in [-0.4, -0.2) is 106 Å². The molecule has 1 fully saturated rings. The number of esters is 1. The van der Waals surface area contributed by atoms with Gasteiger partial charge in [-0.1, -0.05) is 36.4 Å². The number of nitrogens with zero attached hydrogens (tertiary/aromatic N) is 6. The van der Waals surface area contributed by atoms with E-state index in [1.165, 1.54) is 16.9 Å². The van der Waals surface area contributed by atoms with E-state index in [1.54, 1.807) is 20.4 Å². The first-order valence-electron chi connectivity index (χ1n) is 16.4. The lowest BCUT2D eigenvalue weighted by molar-refractivity contribution is -0.145. The van der Waals surface area contributed by atoms with Crippen LogP contribution in [0.25, 0.3) is 22.4 Å². The molecule has 0 aliphatic carbocycles. The number of likely N-dealkylation sites (N-methyl/N-ethyl adjacent to an activating group) is 1. The second-order valence-corrected chi connectivity index (χ2v) is 13.2. The normalized spacial score (nSPS) is 16.6. The number of ether oxygens (including phenoxy) is 4. The van der Waals surface area contributed by atoms with E-state index >= 15 is 0 Å². The molecule has 1 aromatic carbocycles. The summed E-state index contributed by atoms with van der Waals surface area (Å²) >= 11 is 0. The van der Waals surface area contributed by atoms with E-state index in [1.807, 2.05) is 86.9 Å². The monoisotopic (exact) mass is 687 g/mol. The van der Waals surface area contributed by atoms with Crippen LogP contribution in [0.4, 0.5) is 15.4 Å². The van der Waals surface area contributed by atoms with E-state index < -0.39 is 29.8 Å². The summed E-state index contributed by atoms with van der Waals surface area (Å²) in [5, 5.41) is 3.39. The number of amides is 2. The number of aryl methyl sites for hydroxylation is 1. The number of methoxy groups -OCH3 is 2. The molecule has 1 N–H and O–H groups in total. The van der Waals surface area contributed by atoms with Crippen molar-refractivity contribution in [3.05, 3.63) is 72.2 Å². The summed E-state index contributed by atoms with van der Waals surface area (Å²) in [6, 6.07) is 15.6. The summed E-state index contributed by atoms with van der Waals surface area (Å²) in [4.78, 5) is 55.7. The van der Waals surface area contributed by atoms with Crippen molar-refractivity contribution in [2.75, 3.05) is 39.7 Å². The number of rotatable bonds is 11. The largest absolute Gasteiger partial charge is 0.467 e. The molecule has 4 aromatic rings. The van der Waals surface area contributed by atoms with Gasteiger partial charge in [0.1, 0.15) is 35.6 Å².